The zero-order chi connectivity index (χ0) is 42.8. The van der Waals surface area contributed by atoms with Crippen LogP contribution in [0.15, 0.2) is 68.1 Å². The summed E-state index contributed by atoms with van der Waals surface area (Å²) in [5.74, 6) is -0.465. The third-order valence-corrected chi connectivity index (χ3v) is 12.4. The fraction of sp³-hybridized carbons (Fsp3) is 0.294. The molecule has 0 fully saturated rings. The highest BCUT2D eigenvalue weighted by Gasteiger charge is 2.28. The number of thiol groups is 2. The summed E-state index contributed by atoms with van der Waals surface area (Å²) >= 11 is 8.02. The Morgan fingerprint density at radius 3 is 0.810 bits per heavy atom. The minimum Gasteiger partial charge on any atom is -0.496 e. The van der Waals surface area contributed by atoms with Crippen molar-refractivity contribution in [2.24, 2.45) is 0 Å². The van der Waals surface area contributed by atoms with Gasteiger partial charge in [-0.1, -0.05) is 0 Å². The molecule has 0 unspecified atom stereocenters. The molecule has 0 saturated carbocycles. The van der Waals surface area contributed by atoms with Gasteiger partial charge in [-0.2, -0.15) is 58.9 Å². The van der Waals surface area contributed by atoms with E-state index in [1.807, 2.05) is 0 Å². The van der Waals surface area contributed by atoms with Gasteiger partial charge in [-0.05, 0) is 48.5 Å². The quantitative estimate of drug-likeness (QED) is 0.0399. The fourth-order valence-electron chi connectivity index (χ4n) is 6.53. The maximum absolute atomic E-state index is 12.7. The standard InChI is InChI=1S/C34H36O18S6/c1-47-31-19-3-23-11-29(57(41,42)43)13-25(33(23)51-15-49-17-53)5-21-9-28(56(38,39)40)10-22(32(21)48-2)6-26-14-30(58(44,45)46)12-24(34(26)52-16-50-18-54)4-20(31)8-27(7-19)55(35,36)37/h7-14,53-54H,3-6,15-18H2,1-2H3,(H,35,36,37)(H,38,39,40)(H,41,42,43)(H,44,45,46). The molecule has 0 atom stereocenters. The summed E-state index contributed by atoms with van der Waals surface area (Å²) in [7, 11) is -17.5. The van der Waals surface area contributed by atoms with Crippen LogP contribution in [-0.2, 0) is 75.6 Å². The average Bonchev–Trinajstić information content (AvgIpc) is 3.11. The van der Waals surface area contributed by atoms with E-state index in [4.69, 9.17) is 28.4 Å². The van der Waals surface area contributed by atoms with Crippen molar-refractivity contribution in [2.75, 3.05) is 39.7 Å². The first-order valence-corrected chi connectivity index (χ1v) is 23.4. The summed E-state index contributed by atoms with van der Waals surface area (Å²) in [4.78, 5) is -2.63. The van der Waals surface area contributed by atoms with Crippen LogP contribution in [0.4, 0.5) is 0 Å². The minimum atomic E-state index is -4.98. The molecule has 4 aromatic carbocycles. The van der Waals surface area contributed by atoms with Crippen molar-refractivity contribution in [2.45, 2.75) is 45.3 Å². The zero-order valence-corrected chi connectivity index (χ0v) is 35.4. The van der Waals surface area contributed by atoms with Crippen molar-refractivity contribution in [1.82, 2.24) is 0 Å². The van der Waals surface area contributed by atoms with Crippen molar-refractivity contribution in [3.05, 3.63) is 93.0 Å². The molecular formula is C34H36O18S6. The van der Waals surface area contributed by atoms with Gasteiger partial charge >= 0.3 is 0 Å². The Bertz CT molecular complexity index is 2400. The second-order valence-electron chi connectivity index (χ2n) is 12.5. The van der Waals surface area contributed by atoms with Gasteiger partial charge in [0.2, 0.25) is 0 Å². The van der Waals surface area contributed by atoms with Gasteiger partial charge in [0.15, 0.2) is 13.6 Å². The second kappa shape index (κ2) is 17.9. The van der Waals surface area contributed by atoms with Crippen molar-refractivity contribution < 1.29 is 80.3 Å². The van der Waals surface area contributed by atoms with Gasteiger partial charge in [0.1, 0.15) is 23.0 Å². The predicted molar refractivity (Wildman–Crippen MR) is 210 cm³/mol. The van der Waals surface area contributed by atoms with Gasteiger partial charge in [-0.3, -0.25) is 18.2 Å². The van der Waals surface area contributed by atoms with Crippen LogP contribution < -0.4 is 18.9 Å². The maximum atomic E-state index is 12.7. The van der Waals surface area contributed by atoms with E-state index in [9.17, 15) is 51.9 Å². The molecule has 4 N–H and O–H groups in total. The molecule has 0 saturated heterocycles. The van der Waals surface area contributed by atoms with Gasteiger partial charge in [0.25, 0.3) is 40.5 Å². The first kappa shape index (κ1) is 45.4. The third kappa shape index (κ3) is 10.6. The van der Waals surface area contributed by atoms with Crippen LogP contribution in [-0.4, -0.2) is 91.6 Å². The number of ether oxygens (including phenoxy) is 6. The molecule has 0 spiro atoms. The van der Waals surface area contributed by atoms with Gasteiger partial charge in [-0.25, -0.2) is 0 Å². The first-order valence-electron chi connectivity index (χ1n) is 16.3. The number of rotatable bonds is 14. The zero-order valence-electron chi connectivity index (χ0n) is 30.3. The molecule has 1 aliphatic rings. The van der Waals surface area contributed by atoms with Gasteiger partial charge in [0.05, 0.1) is 45.7 Å². The predicted octanol–water partition coefficient (Wildman–Crippen LogP) is 3.85. The van der Waals surface area contributed by atoms with Crippen molar-refractivity contribution in [1.29, 1.82) is 0 Å². The van der Waals surface area contributed by atoms with E-state index in [1.54, 1.807) is 0 Å². The molecular weight excluding hydrogens is 889 g/mol. The van der Waals surface area contributed by atoms with E-state index in [0.717, 1.165) is 48.5 Å². The molecule has 0 amide bonds. The summed E-state index contributed by atoms with van der Waals surface area (Å²) in [5.41, 5.74) is -0.0970. The lowest BCUT2D eigenvalue weighted by molar-refractivity contribution is 0.0414. The topological polar surface area (TPSA) is 273 Å². The number of benzene rings is 4. The number of hydrogen-bond donors (Lipinski definition) is 6. The molecule has 24 heteroatoms. The van der Waals surface area contributed by atoms with Crippen LogP contribution >= 0.6 is 25.3 Å². The van der Waals surface area contributed by atoms with Crippen molar-refractivity contribution >= 4 is 65.7 Å². The van der Waals surface area contributed by atoms with Crippen molar-refractivity contribution in [3.8, 4) is 23.0 Å². The summed E-state index contributed by atoms with van der Waals surface area (Å²) < 4.78 is 177. The Balaban J connectivity index is 2.01. The molecule has 1 aliphatic carbocycles. The molecule has 0 heterocycles. The largest absolute Gasteiger partial charge is 0.496 e. The number of methoxy groups -OCH3 is 2. The van der Waals surface area contributed by atoms with E-state index < -0.39 is 99.3 Å². The Hall–Kier alpha value is -3.66. The fourth-order valence-corrected chi connectivity index (χ4v) is 9.01. The van der Waals surface area contributed by atoms with Crippen LogP contribution in [0.3, 0.4) is 0 Å². The van der Waals surface area contributed by atoms with Crippen LogP contribution in [0.25, 0.3) is 0 Å². The van der Waals surface area contributed by atoms with Crippen LogP contribution in [0.5, 0.6) is 23.0 Å². The van der Waals surface area contributed by atoms with Gasteiger partial charge in [0, 0.05) is 70.2 Å². The van der Waals surface area contributed by atoms with Crippen LogP contribution in [0, 0.1) is 0 Å². The summed E-state index contributed by atoms with van der Waals surface area (Å²) in [6, 6.07) is 8.28. The third-order valence-electron chi connectivity index (χ3n) is 8.74. The average molecular weight is 925 g/mol. The monoisotopic (exact) mass is 924 g/mol. The van der Waals surface area contributed by atoms with Gasteiger partial charge < -0.3 is 28.4 Å². The molecule has 0 aromatic heterocycles. The summed E-state index contributed by atoms with van der Waals surface area (Å²) in [6.07, 6.45) is -1.74. The van der Waals surface area contributed by atoms with Crippen molar-refractivity contribution in [3.63, 3.8) is 0 Å². The molecule has 4 aromatic rings. The first-order chi connectivity index (χ1) is 27.1. The second-order valence-corrected chi connectivity index (χ2v) is 18.7. The van der Waals surface area contributed by atoms with Crippen LogP contribution in [0.2, 0.25) is 0 Å². The van der Waals surface area contributed by atoms with Crippen LogP contribution in [0.1, 0.15) is 44.5 Å². The molecule has 316 valence electrons. The Labute approximate surface area is 345 Å². The lowest BCUT2D eigenvalue weighted by atomic mass is 9.91. The highest BCUT2D eigenvalue weighted by atomic mass is 32.2. The number of fused-ring (bicyclic) bond motifs is 8. The highest BCUT2D eigenvalue weighted by Crippen LogP contribution is 2.42. The Morgan fingerprint density at radius 1 is 0.431 bits per heavy atom. The smallest absolute Gasteiger partial charge is 0.294 e. The SMILES string of the molecule is COc1c2cc(S(=O)(=O)O)cc1Cc1cc(S(=O)(=O)O)cc(c1OCOCS)Cc1cc(S(=O)(=O)O)cc(c1OC)Cc1cc(S(=O)(=O)O)cc(c1OCOCS)C2. The molecule has 18 nitrogen and oxygen atoms in total. The Kier molecular flexibility index (Phi) is 14.0. The lowest BCUT2D eigenvalue weighted by Gasteiger charge is -2.23. The maximum Gasteiger partial charge on any atom is 0.294 e. The van der Waals surface area contributed by atoms with Gasteiger partial charge in [-0.15, -0.1) is 0 Å². The molecule has 5 rings (SSSR count). The molecule has 8 bridgehead atoms. The number of hydrogen-bond acceptors (Lipinski definition) is 16. The van der Waals surface area contributed by atoms with E-state index >= 15 is 0 Å². The Morgan fingerprint density at radius 2 is 0.638 bits per heavy atom. The highest BCUT2D eigenvalue weighted by molar-refractivity contribution is 7.86. The summed E-state index contributed by atoms with van der Waals surface area (Å²) in [5, 5.41) is 0. The lowest BCUT2D eigenvalue weighted by Crippen LogP contribution is -2.13. The van der Waals surface area contributed by atoms with E-state index in [1.165, 1.54) is 14.2 Å². The van der Waals surface area contributed by atoms with E-state index in [0.29, 0.717) is 0 Å². The normalized spacial score (nSPS) is 13.5. The molecule has 0 aliphatic heterocycles. The molecule has 0 radical (unpaired) electrons. The summed E-state index contributed by atoms with van der Waals surface area (Å²) in [6.45, 7) is -0.944. The molecule has 58 heavy (non-hydrogen) atoms. The minimum absolute atomic E-state index is 0.00149. The van der Waals surface area contributed by atoms with E-state index in [2.05, 4.69) is 25.3 Å². The van der Waals surface area contributed by atoms with E-state index in [-0.39, 0.29) is 79.4 Å².